The van der Waals surface area contributed by atoms with Crippen molar-refractivity contribution in [3.05, 3.63) is 157 Å². The van der Waals surface area contributed by atoms with Gasteiger partial charge in [0.15, 0.2) is 23.2 Å². The predicted octanol–water partition coefficient (Wildman–Crippen LogP) is 11.4. The third-order valence-electron chi connectivity index (χ3n) is 9.21. The van der Waals surface area contributed by atoms with Gasteiger partial charge in [0, 0.05) is 33.0 Å². The molecule has 0 radical (unpaired) electrons. The van der Waals surface area contributed by atoms with Gasteiger partial charge in [-0.25, -0.2) is 15.0 Å². The lowest BCUT2D eigenvalue weighted by molar-refractivity contribution is 0.610. The van der Waals surface area contributed by atoms with E-state index in [0.717, 1.165) is 71.3 Å². The Hall–Kier alpha value is -6.72. The second kappa shape index (κ2) is 11.5. The van der Waals surface area contributed by atoms with Crippen LogP contribution < -0.4 is 0 Å². The normalized spacial score (nSPS) is 11.4. The zero-order chi connectivity index (χ0) is 32.9. The number of hydrogen-bond donors (Lipinski definition) is 1. The van der Waals surface area contributed by atoms with E-state index in [4.69, 9.17) is 24.8 Å². The Morgan fingerprint density at radius 1 is 0.510 bits per heavy atom. The number of aromatic nitrogens is 3. The van der Waals surface area contributed by atoms with Crippen LogP contribution in [0.3, 0.4) is 0 Å². The first kappa shape index (κ1) is 28.5. The van der Waals surface area contributed by atoms with Gasteiger partial charge in [-0.2, -0.15) is 0 Å². The molecule has 5 heteroatoms. The zero-order valence-electron chi connectivity index (χ0n) is 26.4. The molecule has 9 rings (SSSR count). The molecule has 0 unspecified atom stereocenters. The van der Waals surface area contributed by atoms with Gasteiger partial charge in [0.1, 0.15) is 5.58 Å². The van der Waals surface area contributed by atoms with Crippen molar-refractivity contribution in [2.24, 2.45) is 0 Å². The molecule has 0 aliphatic rings. The molecule has 0 spiro atoms. The highest BCUT2D eigenvalue weighted by molar-refractivity contribution is 6.15. The van der Waals surface area contributed by atoms with Gasteiger partial charge in [-0.3, -0.25) is 0 Å². The van der Waals surface area contributed by atoms with Crippen molar-refractivity contribution in [1.29, 1.82) is 5.41 Å². The third kappa shape index (κ3) is 4.79. The number of rotatable bonds is 6. The van der Waals surface area contributed by atoms with Crippen LogP contribution in [-0.4, -0.2) is 21.2 Å². The summed E-state index contributed by atoms with van der Waals surface area (Å²) < 4.78 is 6.26. The summed E-state index contributed by atoms with van der Waals surface area (Å²) in [6.07, 6.45) is 3.01. The number of fused-ring (bicyclic) bond motifs is 5. The first-order chi connectivity index (χ1) is 24.2. The smallest absolute Gasteiger partial charge is 0.164 e. The van der Waals surface area contributed by atoms with Crippen LogP contribution in [0.2, 0.25) is 0 Å². The van der Waals surface area contributed by atoms with Crippen LogP contribution in [-0.2, 0) is 0 Å². The molecule has 5 nitrogen and oxygen atoms in total. The highest BCUT2D eigenvalue weighted by Gasteiger charge is 2.18. The van der Waals surface area contributed by atoms with Gasteiger partial charge >= 0.3 is 0 Å². The molecule has 0 aliphatic carbocycles. The summed E-state index contributed by atoms with van der Waals surface area (Å²) in [5, 5.41) is 15.4. The van der Waals surface area contributed by atoms with E-state index >= 15 is 0 Å². The Balaban J connectivity index is 1.22. The van der Waals surface area contributed by atoms with Crippen molar-refractivity contribution in [3.63, 3.8) is 0 Å². The quantitative estimate of drug-likeness (QED) is 0.186. The van der Waals surface area contributed by atoms with Crippen molar-refractivity contribution < 1.29 is 4.42 Å². The third-order valence-corrected chi connectivity index (χ3v) is 9.21. The summed E-state index contributed by atoms with van der Waals surface area (Å²) in [4.78, 5) is 15.1. The van der Waals surface area contributed by atoms with Gasteiger partial charge < -0.3 is 9.83 Å². The lowest BCUT2D eigenvalue weighted by Crippen LogP contribution is -2.00. The van der Waals surface area contributed by atoms with Crippen molar-refractivity contribution in [2.75, 3.05) is 0 Å². The fourth-order valence-electron chi connectivity index (χ4n) is 6.84. The fourth-order valence-corrected chi connectivity index (χ4v) is 6.84. The maximum absolute atomic E-state index is 7.90. The molecule has 7 aromatic carbocycles. The van der Waals surface area contributed by atoms with Crippen molar-refractivity contribution in [3.8, 4) is 45.3 Å². The molecule has 49 heavy (non-hydrogen) atoms. The van der Waals surface area contributed by atoms with Gasteiger partial charge in [-0.1, -0.05) is 134 Å². The SMILES string of the molecule is C=Cc1c(C=N)oc2c1ccc1cccc(-c3ccc4c(-c5nc(-c6ccccc6)nc(-c6ccc7ccccc7c6)n5)cccc4c3)c12. The Morgan fingerprint density at radius 2 is 1.14 bits per heavy atom. The molecule has 0 amide bonds. The summed E-state index contributed by atoms with van der Waals surface area (Å²) in [7, 11) is 0. The lowest BCUT2D eigenvalue weighted by atomic mass is 9.93. The van der Waals surface area contributed by atoms with Gasteiger partial charge in [-0.15, -0.1) is 0 Å². The van der Waals surface area contributed by atoms with Crippen molar-refractivity contribution in [1.82, 2.24) is 15.0 Å². The van der Waals surface area contributed by atoms with Crippen LogP contribution in [0.5, 0.6) is 0 Å². The minimum Gasteiger partial charge on any atom is -0.454 e. The maximum atomic E-state index is 7.90. The zero-order valence-corrected chi connectivity index (χ0v) is 26.4. The second-order valence-electron chi connectivity index (χ2n) is 12.1. The molecule has 230 valence electrons. The average molecular weight is 629 g/mol. The second-order valence-corrected chi connectivity index (χ2v) is 12.1. The number of hydrogen-bond acceptors (Lipinski definition) is 5. The van der Waals surface area contributed by atoms with E-state index < -0.39 is 0 Å². The molecule has 0 aliphatic heterocycles. The first-order valence-corrected chi connectivity index (χ1v) is 16.1. The van der Waals surface area contributed by atoms with E-state index in [9.17, 15) is 0 Å². The van der Waals surface area contributed by atoms with Crippen molar-refractivity contribution in [2.45, 2.75) is 0 Å². The molecule has 0 saturated heterocycles. The minimum absolute atomic E-state index is 0.505. The van der Waals surface area contributed by atoms with Gasteiger partial charge in [0.05, 0.1) is 6.21 Å². The van der Waals surface area contributed by atoms with Crippen LogP contribution in [0.15, 0.2) is 151 Å². The topological polar surface area (TPSA) is 75.7 Å². The lowest BCUT2D eigenvalue weighted by Gasteiger charge is -2.12. The molecule has 0 bridgehead atoms. The highest BCUT2D eigenvalue weighted by atomic mass is 16.3. The minimum atomic E-state index is 0.505. The average Bonchev–Trinajstić information content (AvgIpc) is 3.55. The van der Waals surface area contributed by atoms with Crippen LogP contribution in [0.4, 0.5) is 0 Å². The molecule has 2 heterocycles. The molecule has 0 atom stereocenters. The summed E-state index contributed by atoms with van der Waals surface area (Å²) in [6, 6.07) is 47.9. The Kier molecular flexibility index (Phi) is 6.69. The summed E-state index contributed by atoms with van der Waals surface area (Å²) in [6.45, 7) is 3.97. The Labute approximate surface area is 282 Å². The highest BCUT2D eigenvalue weighted by Crippen LogP contribution is 2.40. The van der Waals surface area contributed by atoms with Crippen LogP contribution >= 0.6 is 0 Å². The summed E-state index contributed by atoms with van der Waals surface area (Å²) in [5.41, 5.74) is 6.52. The van der Waals surface area contributed by atoms with E-state index in [1.54, 1.807) is 6.08 Å². The number of nitrogens with one attached hydrogen (secondary N) is 1. The molecular formula is C44H28N4O. The predicted molar refractivity (Wildman–Crippen MR) is 202 cm³/mol. The summed E-state index contributed by atoms with van der Waals surface area (Å²) in [5.74, 6) is 2.38. The van der Waals surface area contributed by atoms with Gasteiger partial charge in [-0.05, 0) is 56.3 Å². The van der Waals surface area contributed by atoms with E-state index in [-0.39, 0.29) is 0 Å². The summed E-state index contributed by atoms with van der Waals surface area (Å²) >= 11 is 0. The number of furan rings is 1. The molecule has 0 fully saturated rings. The van der Waals surface area contributed by atoms with Crippen LogP contribution in [0.1, 0.15) is 11.3 Å². The molecule has 2 aromatic heterocycles. The van der Waals surface area contributed by atoms with Crippen LogP contribution in [0, 0.1) is 5.41 Å². The van der Waals surface area contributed by atoms with E-state index in [0.29, 0.717) is 23.2 Å². The van der Waals surface area contributed by atoms with E-state index in [1.807, 2.05) is 48.5 Å². The first-order valence-electron chi connectivity index (χ1n) is 16.1. The maximum Gasteiger partial charge on any atom is 0.164 e. The molecule has 1 N–H and O–H groups in total. The monoisotopic (exact) mass is 628 g/mol. The molecular weight excluding hydrogens is 601 g/mol. The van der Waals surface area contributed by atoms with E-state index in [2.05, 4.69) is 97.6 Å². The van der Waals surface area contributed by atoms with Crippen LogP contribution in [0.25, 0.3) is 94.7 Å². The molecule has 9 aromatic rings. The molecule has 0 saturated carbocycles. The number of benzene rings is 7. The largest absolute Gasteiger partial charge is 0.454 e. The van der Waals surface area contributed by atoms with Gasteiger partial charge in [0.2, 0.25) is 0 Å². The number of nitrogens with zero attached hydrogens (tertiary/aromatic N) is 3. The fraction of sp³-hybridized carbons (Fsp3) is 0. The van der Waals surface area contributed by atoms with E-state index in [1.165, 1.54) is 11.6 Å². The van der Waals surface area contributed by atoms with Crippen molar-refractivity contribution >= 4 is 55.6 Å². The van der Waals surface area contributed by atoms with Gasteiger partial charge in [0.25, 0.3) is 0 Å². The Bertz CT molecular complexity index is 2760. The standard InChI is InChI=1S/C44H28N4O/c1-2-34-37-23-20-28-14-8-16-36(40(28)41(37)49-39(34)26-45)32-21-22-35-31(25-32)15-9-17-38(35)44-47-42(29-11-4-3-5-12-29)46-43(48-44)33-19-18-27-10-6-7-13-30(27)24-33/h2-26,45H,1H2. The Morgan fingerprint density at radius 3 is 1.96 bits per heavy atom.